The van der Waals surface area contributed by atoms with E-state index < -0.39 is 0 Å². The highest BCUT2D eigenvalue weighted by Gasteiger charge is 2.61. The summed E-state index contributed by atoms with van der Waals surface area (Å²) in [5.74, 6) is 0. The second-order valence-electron chi connectivity index (χ2n) is 21.8. The lowest BCUT2D eigenvalue weighted by atomic mass is 9.33. The third kappa shape index (κ3) is 4.82. The van der Waals surface area contributed by atoms with Crippen molar-refractivity contribution in [2.24, 2.45) is 0 Å². The Hall–Kier alpha value is -5.02. The van der Waals surface area contributed by atoms with Crippen LogP contribution >= 0.6 is 0 Å². The molecular weight excluding hydrogens is 711 g/mol. The Kier molecular flexibility index (Phi) is 7.43. The van der Waals surface area contributed by atoms with Gasteiger partial charge in [-0.3, -0.25) is 0 Å². The van der Waals surface area contributed by atoms with Gasteiger partial charge < -0.3 is 9.80 Å². The molecule has 2 unspecified atom stereocenters. The van der Waals surface area contributed by atoms with Gasteiger partial charge in [0.1, 0.15) is 0 Å². The second-order valence-corrected chi connectivity index (χ2v) is 21.8. The predicted molar refractivity (Wildman–Crippen MR) is 254 cm³/mol. The minimum Gasteiger partial charge on any atom is -0.335 e. The molecule has 1 saturated carbocycles. The smallest absolute Gasteiger partial charge is 0.252 e. The summed E-state index contributed by atoms with van der Waals surface area (Å²) in [6.07, 6.45) is 4.98. The van der Waals surface area contributed by atoms with Gasteiger partial charge in [0.15, 0.2) is 0 Å². The molecule has 3 aliphatic heterocycles. The van der Waals surface area contributed by atoms with Gasteiger partial charge in [-0.15, -0.1) is 0 Å². The van der Waals surface area contributed by atoms with E-state index in [4.69, 9.17) is 0 Å². The third-order valence-corrected chi connectivity index (χ3v) is 15.9. The van der Waals surface area contributed by atoms with Gasteiger partial charge in [-0.1, -0.05) is 154 Å². The molecule has 296 valence electrons. The fraction of sp³-hybridized carbons (Fsp3) is 0.357. The predicted octanol–water partition coefficient (Wildman–Crippen LogP) is 12.9. The van der Waals surface area contributed by atoms with Gasteiger partial charge in [0.2, 0.25) is 0 Å². The van der Waals surface area contributed by atoms with Crippen LogP contribution in [0.5, 0.6) is 0 Å². The van der Waals surface area contributed by atoms with Crippen LogP contribution in [0.15, 0.2) is 109 Å². The molecule has 0 N–H and O–H groups in total. The lowest BCUT2D eigenvalue weighted by molar-refractivity contribution is 0.195. The zero-order chi connectivity index (χ0) is 41.2. The van der Waals surface area contributed by atoms with Crippen molar-refractivity contribution < 1.29 is 0 Å². The average Bonchev–Trinajstić information content (AvgIpc) is 3.55. The molecule has 0 amide bonds. The van der Waals surface area contributed by atoms with Crippen molar-refractivity contribution in [3.63, 3.8) is 0 Å². The van der Waals surface area contributed by atoms with E-state index in [1.165, 1.54) is 121 Å². The summed E-state index contributed by atoms with van der Waals surface area (Å²) >= 11 is 0. The molecule has 11 rings (SSSR count). The third-order valence-electron chi connectivity index (χ3n) is 15.9. The highest BCUT2D eigenvalue weighted by Crippen LogP contribution is 2.63. The van der Waals surface area contributed by atoms with Gasteiger partial charge in [-0.05, 0) is 134 Å². The first-order valence-corrected chi connectivity index (χ1v) is 22.4. The van der Waals surface area contributed by atoms with E-state index in [1.54, 1.807) is 5.56 Å². The Morgan fingerprint density at radius 3 is 1.98 bits per heavy atom. The SMILES string of the molecule is Cc1cc2c3c(c1)N1c4c(cc(C(C)(C)C)cc4C4(C)CCCCC14C)B3c1cc3c(cc1N2c1ccc(C(C)(C)C)cc1-c1ccccc1)C(C)(C)c1ccccc1-3. The maximum absolute atomic E-state index is 2.89. The van der Waals surface area contributed by atoms with Crippen molar-refractivity contribution in [1.82, 2.24) is 0 Å². The van der Waals surface area contributed by atoms with Crippen molar-refractivity contribution in [2.75, 3.05) is 9.80 Å². The molecule has 5 aliphatic rings. The van der Waals surface area contributed by atoms with Gasteiger partial charge in [0.25, 0.3) is 6.71 Å². The lowest BCUT2D eigenvalue weighted by Gasteiger charge is -2.53. The Labute approximate surface area is 353 Å². The zero-order valence-electron chi connectivity index (χ0n) is 37.2. The van der Waals surface area contributed by atoms with Gasteiger partial charge in [0.05, 0.1) is 11.2 Å². The van der Waals surface area contributed by atoms with Crippen LogP contribution in [0, 0.1) is 6.92 Å². The number of rotatable bonds is 2. The minimum atomic E-state index is -0.126. The molecule has 6 aromatic rings. The summed E-state index contributed by atoms with van der Waals surface area (Å²) in [6.45, 7) is 26.8. The average molecular weight is 771 g/mol. The quantitative estimate of drug-likeness (QED) is 0.162. The van der Waals surface area contributed by atoms with Crippen LogP contribution in [0.3, 0.4) is 0 Å². The molecule has 2 atom stereocenters. The summed E-state index contributed by atoms with van der Waals surface area (Å²) < 4.78 is 0. The molecule has 0 aromatic heterocycles. The highest BCUT2D eigenvalue weighted by atomic mass is 15.3. The van der Waals surface area contributed by atoms with Crippen LogP contribution in [0.1, 0.15) is 128 Å². The number of aryl methyl sites for hydroxylation is 1. The number of fused-ring (bicyclic) bond motifs is 10. The molecular formula is C56H59BN2. The largest absolute Gasteiger partial charge is 0.335 e. The molecule has 2 aliphatic carbocycles. The van der Waals surface area contributed by atoms with E-state index in [2.05, 4.69) is 195 Å². The van der Waals surface area contributed by atoms with Crippen molar-refractivity contribution >= 4 is 51.5 Å². The maximum Gasteiger partial charge on any atom is 0.252 e. The first kappa shape index (κ1) is 37.0. The number of nitrogens with zero attached hydrogens (tertiary/aromatic N) is 2. The van der Waals surface area contributed by atoms with Gasteiger partial charge in [0, 0.05) is 39.1 Å². The number of hydrogen-bond donors (Lipinski definition) is 0. The highest BCUT2D eigenvalue weighted by molar-refractivity contribution is 7.00. The van der Waals surface area contributed by atoms with E-state index in [0.29, 0.717) is 0 Å². The van der Waals surface area contributed by atoms with Crippen molar-refractivity contribution in [3.05, 3.63) is 143 Å². The second kappa shape index (κ2) is 11.8. The van der Waals surface area contributed by atoms with E-state index >= 15 is 0 Å². The monoisotopic (exact) mass is 770 g/mol. The standard InChI is InChI=1S/C56H59BN2/c1-34-27-48-50-49(28-34)59-51-43(55(10)25-17-18-26-56(55,59)11)30-37(53(5,6)7)31-45(51)57(50)44-32-40-38-21-15-16-22-41(38)54(8,9)42(40)33-47(44)58(48)46-24-23-36(52(2,3)4)29-39(46)35-19-13-12-14-20-35/h12-16,19-24,27-33H,17-18,25-26H2,1-11H3. The van der Waals surface area contributed by atoms with Crippen LogP contribution in [-0.2, 0) is 21.7 Å². The summed E-state index contributed by atoms with van der Waals surface area (Å²) in [4.78, 5) is 5.59. The van der Waals surface area contributed by atoms with Gasteiger partial charge >= 0.3 is 0 Å². The summed E-state index contributed by atoms with van der Waals surface area (Å²) in [5.41, 5.74) is 25.0. The summed E-state index contributed by atoms with van der Waals surface area (Å²) in [6, 6.07) is 43.3. The van der Waals surface area contributed by atoms with Crippen LogP contribution < -0.4 is 26.2 Å². The minimum absolute atomic E-state index is 0.0100. The zero-order valence-corrected chi connectivity index (χ0v) is 37.2. The molecule has 59 heavy (non-hydrogen) atoms. The van der Waals surface area contributed by atoms with E-state index in [0.717, 1.165) is 0 Å². The fourth-order valence-electron chi connectivity index (χ4n) is 12.4. The number of hydrogen-bond acceptors (Lipinski definition) is 2. The Morgan fingerprint density at radius 2 is 1.24 bits per heavy atom. The Balaban J connectivity index is 1.30. The normalized spacial score (nSPS) is 21.7. The topological polar surface area (TPSA) is 6.48 Å². The molecule has 2 nitrogen and oxygen atoms in total. The van der Waals surface area contributed by atoms with Gasteiger partial charge in [-0.2, -0.15) is 0 Å². The summed E-state index contributed by atoms with van der Waals surface area (Å²) in [7, 11) is 0. The lowest BCUT2D eigenvalue weighted by Crippen LogP contribution is -2.64. The molecule has 3 heteroatoms. The number of anilines is 5. The van der Waals surface area contributed by atoms with Crippen LogP contribution in [0.4, 0.5) is 28.4 Å². The number of benzene rings is 6. The Bertz CT molecular complexity index is 2780. The maximum atomic E-state index is 2.89. The van der Waals surface area contributed by atoms with Crippen LogP contribution in [0.25, 0.3) is 22.3 Å². The molecule has 3 heterocycles. The van der Waals surface area contributed by atoms with E-state index in [-0.39, 0.29) is 33.9 Å². The fourth-order valence-corrected chi connectivity index (χ4v) is 12.4. The molecule has 0 bridgehead atoms. The van der Waals surface area contributed by atoms with E-state index in [1.807, 2.05) is 0 Å². The molecule has 1 fully saturated rings. The molecule has 0 saturated heterocycles. The van der Waals surface area contributed by atoms with E-state index in [9.17, 15) is 0 Å². The first-order valence-electron chi connectivity index (χ1n) is 22.4. The van der Waals surface area contributed by atoms with Crippen LogP contribution in [-0.4, -0.2) is 12.3 Å². The van der Waals surface area contributed by atoms with Crippen molar-refractivity contribution in [1.29, 1.82) is 0 Å². The molecule has 0 radical (unpaired) electrons. The van der Waals surface area contributed by atoms with Crippen LogP contribution in [0.2, 0.25) is 0 Å². The van der Waals surface area contributed by atoms with Crippen molar-refractivity contribution in [3.8, 4) is 22.3 Å². The van der Waals surface area contributed by atoms with Gasteiger partial charge in [-0.25, -0.2) is 0 Å². The molecule has 0 spiro atoms. The first-order chi connectivity index (χ1) is 27.9. The van der Waals surface area contributed by atoms with Crippen molar-refractivity contribution in [2.45, 2.75) is 129 Å². The molecule has 6 aromatic carbocycles. The summed E-state index contributed by atoms with van der Waals surface area (Å²) in [5, 5.41) is 0. The Morgan fingerprint density at radius 1 is 0.542 bits per heavy atom.